The summed E-state index contributed by atoms with van der Waals surface area (Å²) >= 11 is 6.05. The van der Waals surface area contributed by atoms with Gasteiger partial charge in [-0.05, 0) is 67.4 Å². The van der Waals surface area contributed by atoms with Crippen molar-refractivity contribution in [1.82, 2.24) is 10.2 Å². The summed E-state index contributed by atoms with van der Waals surface area (Å²) in [6.45, 7) is 5.51. The highest BCUT2D eigenvalue weighted by molar-refractivity contribution is 6.30. The van der Waals surface area contributed by atoms with Gasteiger partial charge in [-0.1, -0.05) is 30.3 Å². The molecule has 0 aromatic heterocycles. The van der Waals surface area contributed by atoms with Gasteiger partial charge in [-0.15, -0.1) is 11.6 Å². The number of amides is 2. The minimum absolute atomic E-state index is 0.116. The Morgan fingerprint density at radius 2 is 1.83 bits per heavy atom. The van der Waals surface area contributed by atoms with Crippen molar-refractivity contribution in [1.29, 1.82) is 0 Å². The van der Waals surface area contributed by atoms with Crippen molar-refractivity contribution < 1.29 is 18.7 Å². The fourth-order valence-electron chi connectivity index (χ4n) is 4.42. The highest BCUT2D eigenvalue weighted by Gasteiger charge is 2.37. The Labute approximate surface area is 215 Å². The van der Waals surface area contributed by atoms with E-state index in [0.29, 0.717) is 42.4 Å². The van der Waals surface area contributed by atoms with Gasteiger partial charge < -0.3 is 15.0 Å². The summed E-state index contributed by atoms with van der Waals surface area (Å²) in [6, 6.07) is 19.5. The predicted molar refractivity (Wildman–Crippen MR) is 139 cm³/mol. The largest absolute Gasteiger partial charge is 0.457 e. The number of anilines is 1. The zero-order valence-electron chi connectivity index (χ0n) is 20.3. The van der Waals surface area contributed by atoms with E-state index >= 15 is 0 Å². The molecule has 1 heterocycles. The van der Waals surface area contributed by atoms with Crippen LogP contribution in [0, 0.1) is 12.7 Å². The molecule has 2 atom stereocenters. The van der Waals surface area contributed by atoms with Crippen LogP contribution < -0.4 is 15.0 Å². The maximum atomic E-state index is 13.9. The molecule has 1 fully saturated rings. The number of nitrogens with zero attached hydrogens (tertiary/aromatic N) is 2. The van der Waals surface area contributed by atoms with Crippen molar-refractivity contribution in [2.75, 3.05) is 30.4 Å². The molecule has 0 saturated carbocycles. The molecule has 1 N–H and O–H groups in total. The SMILES string of the molecule is Cc1cc(Oc2ccccc2)ccc1N(C(=O)CCl)C(C(=O)N1CCNC(C)C1)c1ccc(F)cc1. The van der Waals surface area contributed by atoms with Crippen molar-refractivity contribution in [3.05, 3.63) is 89.7 Å². The summed E-state index contributed by atoms with van der Waals surface area (Å²) in [4.78, 5) is 30.4. The fraction of sp³-hybridized carbons (Fsp3) is 0.286. The lowest BCUT2D eigenvalue weighted by Gasteiger charge is -2.38. The molecule has 188 valence electrons. The molecule has 3 aromatic rings. The highest BCUT2D eigenvalue weighted by atomic mass is 35.5. The van der Waals surface area contributed by atoms with Crippen molar-refractivity contribution >= 4 is 29.1 Å². The molecule has 1 aliphatic heterocycles. The first-order valence-corrected chi connectivity index (χ1v) is 12.4. The van der Waals surface area contributed by atoms with Crippen LogP contribution in [0.3, 0.4) is 0 Å². The summed E-state index contributed by atoms with van der Waals surface area (Å²) in [7, 11) is 0. The number of hydrogen-bond donors (Lipinski definition) is 1. The van der Waals surface area contributed by atoms with E-state index in [1.165, 1.54) is 17.0 Å². The molecule has 1 aliphatic rings. The Morgan fingerprint density at radius 1 is 1.11 bits per heavy atom. The summed E-state index contributed by atoms with van der Waals surface area (Å²) in [5.41, 5.74) is 1.78. The first-order chi connectivity index (χ1) is 17.4. The Kier molecular flexibility index (Phi) is 8.23. The molecule has 4 rings (SSSR count). The van der Waals surface area contributed by atoms with Gasteiger partial charge in [0.2, 0.25) is 5.91 Å². The number of rotatable bonds is 7. The number of aryl methyl sites for hydroxylation is 1. The van der Waals surface area contributed by atoms with E-state index in [1.807, 2.05) is 50.2 Å². The third-order valence-corrected chi connectivity index (χ3v) is 6.38. The number of piperazine rings is 1. The van der Waals surface area contributed by atoms with Crippen LogP contribution in [-0.4, -0.2) is 48.3 Å². The number of ether oxygens (including phenoxy) is 1. The number of alkyl halides is 1. The van der Waals surface area contributed by atoms with E-state index in [1.54, 1.807) is 29.2 Å². The molecule has 6 nitrogen and oxygen atoms in total. The van der Waals surface area contributed by atoms with Crippen molar-refractivity contribution in [3.8, 4) is 11.5 Å². The smallest absolute Gasteiger partial charge is 0.250 e. The van der Waals surface area contributed by atoms with Gasteiger partial charge in [0, 0.05) is 31.4 Å². The molecule has 2 amide bonds. The van der Waals surface area contributed by atoms with Crippen molar-refractivity contribution in [3.63, 3.8) is 0 Å². The predicted octanol–water partition coefficient (Wildman–Crippen LogP) is 5.06. The maximum Gasteiger partial charge on any atom is 0.250 e. The van der Waals surface area contributed by atoms with Crippen molar-refractivity contribution in [2.24, 2.45) is 0 Å². The van der Waals surface area contributed by atoms with E-state index in [4.69, 9.17) is 16.3 Å². The molecule has 0 aliphatic carbocycles. The molecule has 36 heavy (non-hydrogen) atoms. The van der Waals surface area contributed by atoms with Gasteiger partial charge in [0.05, 0.1) is 0 Å². The lowest BCUT2D eigenvalue weighted by atomic mass is 10.0. The van der Waals surface area contributed by atoms with Crippen LogP contribution in [0.1, 0.15) is 24.1 Å². The first-order valence-electron chi connectivity index (χ1n) is 11.9. The summed E-state index contributed by atoms with van der Waals surface area (Å²) in [6.07, 6.45) is 0. The molecule has 2 unspecified atom stereocenters. The van der Waals surface area contributed by atoms with E-state index in [9.17, 15) is 14.0 Å². The number of halogens is 2. The summed E-state index contributed by atoms with van der Waals surface area (Å²) in [5.74, 6) is -0.119. The van der Waals surface area contributed by atoms with Gasteiger partial charge in [-0.25, -0.2) is 4.39 Å². The number of para-hydroxylation sites is 1. The average molecular weight is 510 g/mol. The number of hydrogen-bond acceptors (Lipinski definition) is 4. The van der Waals surface area contributed by atoms with Crippen LogP contribution in [0.4, 0.5) is 10.1 Å². The van der Waals surface area contributed by atoms with Crippen LogP contribution in [0.25, 0.3) is 0 Å². The molecular weight excluding hydrogens is 481 g/mol. The number of nitrogens with one attached hydrogen (secondary N) is 1. The lowest BCUT2D eigenvalue weighted by Crippen LogP contribution is -2.55. The Morgan fingerprint density at radius 3 is 2.47 bits per heavy atom. The molecule has 0 spiro atoms. The van der Waals surface area contributed by atoms with Gasteiger partial charge in [-0.2, -0.15) is 0 Å². The summed E-state index contributed by atoms with van der Waals surface area (Å²) < 4.78 is 19.7. The van der Waals surface area contributed by atoms with Gasteiger partial charge in [-0.3, -0.25) is 14.5 Å². The second kappa shape index (κ2) is 11.5. The minimum atomic E-state index is -0.998. The number of carbonyl (C=O) groups is 2. The van der Waals surface area contributed by atoms with Crippen LogP contribution in [0.15, 0.2) is 72.8 Å². The fourth-order valence-corrected chi connectivity index (χ4v) is 4.55. The third-order valence-electron chi connectivity index (χ3n) is 6.15. The zero-order valence-corrected chi connectivity index (χ0v) is 21.0. The molecule has 3 aromatic carbocycles. The Hall–Kier alpha value is -3.42. The van der Waals surface area contributed by atoms with Crippen LogP contribution >= 0.6 is 11.6 Å². The molecule has 1 saturated heterocycles. The Balaban J connectivity index is 1.75. The molecule has 0 radical (unpaired) electrons. The molecule has 0 bridgehead atoms. The van der Waals surface area contributed by atoms with E-state index in [2.05, 4.69) is 5.32 Å². The van der Waals surface area contributed by atoms with Gasteiger partial charge in [0.25, 0.3) is 5.91 Å². The van der Waals surface area contributed by atoms with E-state index in [0.717, 1.165) is 5.56 Å². The number of carbonyl (C=O) groups excluding carboxylic acids is 2. The second-order valence-corrected chi connectivity index (χ2v) is 9.12. The average Bonchev–Trinajstić information content (AvgIpc) is 2.88. The lowest BCUT2D eigenvalue weighted by molar-refractivity contribution is -0.135. The highest BCUT2D eigenvalue weighted by Crippen LogP contribution is 2.35. The zero-order chi connectivity index (χ0) is 25.7. The molecule has 8 heteroatoms. The Bertz CT molecular complexity index is 1210. The monoisotopic (exact) mass is 509 g/mol. The first kappa shape index (κ1) is 25.7. The maximum absolute atomic E-state index is 13.9. The number of benzene rings is 3. The topological polar surface area (TPSA) is 61.9 Å². The third kappa shape index (κ3) is 5.86. The second-order valence-electron chi connectivity index (χ2n) is 8.85. The van der Waals surface area contributed by atoms with Crippen molar-refractivity contribution in [2.45, 2.75) is 25.9 Å². The summed E-state index contributed by atoms with van der Waals surface area (Å²) in [5, 5.41) is 3.32. The van der Waals surface area contributed by atoms with Crippen LogP contribution in [-0.2, 0) is 9.59 Å². The quantitative estimate of drug-likeness (QED) is 0.452. The normalized spacial score (nSPS) is 16.3. The minimum Gasteiger partial charge on any atom is -0.457 e. The molecular formula is C28H29ClFN3O3. The van der Waals surface area contributed by atoms with Crippen LogP contribution in [0.5, 0.6) is 11.5 Å². The standard InChI is InChI=1S/C28H29ClFN3O3/c1-19-16-24(36-23-6-4-3-5-7-23)12-13-25(19)33(26(34)17-29)27(21-8-10-22(30)11-9-21)28(35)32-15-14-31-20(2)18-32/h3-13,16,20,27,31H,14-15,17-18H2,1-2H3. The van der Waals surface area contributed by atoms with Gasteiger partial charge in [0.15, 0.2) is 0 Å². The van der Waals surface area contributed by atoms with Gasteiger partial charge >= 0.3 is 0 Å². The van der Waals surface area contributed by atoms with E-state index in [-0.39, 0.29) is 17.8 Å². The van der Waals surface area contributed by atoms with Crippen LogP contribution in [0.2, 0.25) is 0 Å². The van der Waals surface area contributed by atoms with Gasteiger partial charge in [0.1, 0.15) is 29.2 Å². The van der Waals surface area contributed by atoms with E-state index < -0.39 is 17.8 Å².